The number of piperidine rings is 1. The average molecular weight is 481 g/mol. The Balaban J connectivity index is 1.20. The quantitative estimate of drug-likeness (QED) is 0.332. The number of anilines is 1. The Morgan fingerprint density at radius 1 is 1.17 bits per heavy atom. The van der Waals surface area contributed by atoms with Crippen molar-refractivity contribution in [2.75, 3.05) is 44.7 Å². The predicted octanol–water partition coefficient (Wildman–Crippen LogP) is 1.02. The van der Waals surface area contributed by atoms with E-state index >= 15 is 0 Å². The standard InChI is InChI=1S/C26H36N6O3/c33-13-10-22(18-5-2-1-3-6-18)29-26(34)19-7-4-8-20(15-19)28-17-24-30-31-25-21-9-11-27-16-23(21)35-14-12-32(24)25/h1-8,15,21-25,27-28,30-31,33H,9-14,16-17H2,(H,29,34)/t21?,22-,23?,24?,25?/m0/s1. The van der Waals surface area contributed by atoms with Crippen molar-refractivity contribution in [1.29, 1.82) is 0 Å². The lowest BCUT2D eigenvalue weighted by Gasteiger charge is -2.36. The Morgan fingerprint density at radius 2 is 2.06 bits per heavy atom. The van der Waals surface area contributed by atoms with Gasteiger partial charge in [-0.2, -0.15) is 0 Å². The van der Waals surface area contributed by atoms with Gasteiger partial charge in [-0.25, -0.2) is 10.9 Å². The van der Waals surface area contributed by atoms with Crippen LogP contribution in [-0.2, 0) is 4.74 Å². The maximum atomic E-state index is 13.0. The van der Waals surface area contributed by atoms with Crippen molar-refractivity contribution in [3.8, 4) is 0 Å². The molecule has 6 N–H and O–H groups in total. The Bertz CT molecular complexity index is 977. The second-order valence-corrected chi connectivity index (χ2v) is 9.46. The van der Waals surface area contributed by atoms with Crippen molar-refractivity contribution in [2.24, 2.45) is 5.92 Å². The van der Waals surface area contributed by atoms with E-state index in [0.717, 1.165) is 43.9 Å². The van der Waals surface area contributed by atoms with Crippen molar-refractivity contribution in [3.05, 3.63) is 65.7 Å². The summed E-state index contributed by atoms with van der Waals surface area (Å²) < 4.78 is 6.12. The van der Waals surface area contributed by atoms with Gasteiger partial charge in [0.2, 0.25) is 0 Å². The van der Waals surface area contributed by atoms with Gasteiger partial charge >= 0.3 is 0 Å². The average Bonchev–Trinajstić information content (AvgIpc) is 3.21. The molecule has 4 unspecified atom stereocenters. The monoisotopic (exact) mass is 480 g/mol. The van der Waals surface area contributed by atoms with E-state index in [-0.39, 0.29) is 37.0 Å². The number of benzene rings is 2. The Hall–Kier alpha value is -2.53. The van der Waals surface area contributed by atoms with Crippen LogP contribution in [0.1, 0.15) is 34.8 Å². The van der Waals surface area contributed by atoms with E-state index in [9.17, 15) is 9.90 Å². The number of hydrazine groups is 1. The van der Waals surface area contributed by atoms with Crippen LogP contribution in [0.25, 0.3) is 0 Å². The van der Waals surface area contributed by atoms with E-state index in [4.69, 9.17) is 4.74 Å². The number of fused-ring (bicyclic) bond motifs is 3. The van der Waals surface area contributed by atoms with Crippen LogP contribution < -0.4 is 26.8 Å². The van der Waals surface area contributed by atoms with Crippen LogP contribution in [0, 0.1) is 5.92 Å². The summed E-state index contributed by atoms with van der Waals surface area (Å²) >= 11 is 0. The first-order valence-corrected chi connectivity index (χ1v) is 12.6. The molecule has 0 bridgehead atoms. The second-order valence-electron chi connectivity index (χ2n) is 9.46. The molecule has 188 valence electrons. The number of hydrogen-bond acceptors (Lipinski definition) is 8. The molecular weight excluding hydrogens is 444 g/mol. The van der Waals surface area contributed by atoms with E-state index in [2.05, 4.69) is 31.7 Å². The summed E-state index contributed by atoms with van der Waals surface area (Å²) in [6.07, 6.45) is 2.20. The van der Waals surface area contributed by atoms with Crippen LogP contribution in [0.5, 0.6) is 0 Å². The molecule has 3 heterocycles. The van der Waals surface area contributed by atoms with Gasteiger partial charge in [0, 0.05) is 43.4 Å². The van der Waals surface area contributed by atoms with Crippen LogP contribution >= 0.6 is 0 Å². The van der Waals surface area contributed by atoms with Gasteiger partial charge in [0.25, 0.3) is 5.91 Å². The number of amides is 1. The van der Waals surface area contributed by atoms with Gasteiger partial charge in [0.15, 0.2) is 0 Å². The van der Waals surface area contributed by atoms with Gasteiger partial charge in [-0.05, 0) is 43.1 Å². The highest BCUT2D eigenvalue weighted by atomic mass is 16.5. The number of ether oxygens (including phenoxy) is 1. The topological polar surface area (TPSA) is 110 Å². The van der Waals surface area contributed by atoms with Gasteiger partial charge in [0.05, 0.1) is 31.1 Å². The summed E-state index contributed by atoms with van der Waals surface area (Å²) in [7, 11) is 0. The highest BCUT2D eigenvalue weighted by Gasteiger charge is 2.43. The second kappa shape index (κ2) is 11.5. The Kier molecular flexibility index (Phi) is 7.92. The molecule has 2 aromatic rings. The maximum Gasteiger partial charge on any atom is 0.251 e. The molecule has 3 aliphatic rings. The summed E-state index contributed by atoms with van der Waals surface area (Å²) in [5, 5.41) is 19.5. The van der Waals surface area contributed by atoms with Gasteiger partial charge in [0.1, 0.15) is 0 Å². The minimum atomic E-state index is -0.236. The molecule has 1 amide bonds. The highest BCUT2D eigenvalue weighted by molar-refractivity contribution is 5.95. The van der Waals surface area contributed by atoms with Crippen LogP contribution in [0.4, 0.5) is 5.69 Å². The number of hydrogen-bond donors (Lipinski definition) is 6. The SMILES string of the molecule is O=C(N[C@@H](CCO)c1ccccc1)c1cccc(NCC2NNC3C4CCNCC4OCCN23)c1. The third kappa shape index (κ3) is 5.66. The molecule has 0 saturated carbocycles. The molecule has 0 aromatic heterocycles. The predicted molar refractivity (Wildman–Crippen MR) is 135 cm³/mol. The fraction of sp³-hybridized carbons (Fsp3) is 0.500. The van der Waals surface area contributed by atoms with E-state index in [1.807, 2.05) is 54.6 Å². The van der Waals surface area contributed by atoms with Crippen LogP contribution in [0.3, 0.4) is 0 Å². The van der Waals surface area contributed by atoms with Crippen molar-refractivity contribution in [3.63, 3.8) is 0 Å². The lowest BCUT2D eigenvalue weighted by Crippen LogP contribution is -2.52. The fourth-order valence-electron chi connectivity index (χ4n) is 5.42. The van der Waals surface area contributed by atoms with Gasteiger partial charge in [-0.3, -0.25) is 9.69 Å². The zero-order chi connectivity index (χ0) is 24.0. The lowest BCUT2D eigenvalue weighted by molar-refractivity contribution is 0.00522. The summed E-state index contributed by atoms with van der Waals surface area (Å²) in [6, 6.07) is 17.1. The van der Waals surface area contributed by atoms with Crippen molar-refractivity contribution in [1.82, 2.24) is 26.4 Å². The first-order chi connectivity index (χ1) is 17.2. The van der Waals surface area contributed by atoms with E-state index in [1.165, 1.54) is 0 Å². The van der Waals surface area contributed by atoms with E-state index < -0.39 is 0 Å². The normalized spacial score (nSPS) is 27.3. The van der Waals surface area contributed by atoms with Gasteiger partial charge < -0.3 is 25.8 Å². The van der Waals surface area contributed by atoms with E-state index in [1.54, 1.807) is 0 Å². The molecular formula is C26H36N6O3. The number of carbonyl (C=O) groups is 1. The van der Waals surface area contributed by atoms with Crippen LogP contribution in [0.2, 0.25) is 0 Å². The number of rotatable bonds is 8. The molecule has 0 aliphatic carbocycles. The molecule has 3 saturated heterocycles. The summed E-state index contributed by atoms with van der Waals surface area (Å²) in [6.45, 7) is 4.24. The molecule has 0 spiro atoms. The Morgan fingerprint density at radius 3 is 2.91 bits per heavy atom. The third-order valence-electron chi connectivity index (χ3n) is 7.27. The molecule has 5 atom stereocenters. The number of aliphatic hydroxyl groups is 1. The third-order valence-corrected chi connectivity index (χ3v) is 7.27. The molecule has 35 heavy (non-hydrogen) atoms. The molecule has 2 aromatic carbocycles. The van der Waals surface area contributed by atoms with Crippen LogP contribution in [-0.4, -0.2) is 73.7 Å². The minimum Gasteiger partial charge on any atom is -0.396 e. The van der Waals surface area contributed by atoms with Gasteiger partial charge in [-0.1, -0.05) is 36.4 Å². The molecule has 3 aliphatic heterocycles. The highest BCUT2D eigenvalue weighted by Crippen LogP contribution is 2.28. The molecule has 5 rings (SSSR count). The van der Waals surface area contributed by atoms with Crippen LogP contribution in [0.15, 0.2) is 54.6 Å². The smallest absolute Gasteiger partial charge is 0.251 e. The Labute approximate surface area is 206 Å². The largest absolute Gasteiger partial charge is 0.396 e. The summed E-state index contributed by atoms with van der Waals surface area (Å²) in [4.78, 5) is 15.5. The number of aliphatic hydroxyl groups excluding tert-OH is 1. The molecule has 3 fully saturated rings. The number of nitrogens with zero attached hydrogens (tertiary/aromatic N) is 1. The number of nitrogens with one attached hydrogen (secondary N) is 5. The van der Waals surface area contributed by atoms with Crippen molar-refractivity contribution >= 4 is 11.6 Å². The van der Waals surface area contributed by atoms with E-state index in [0.29, 0.717) is 24.4 Å². The first-order valence-electron chi connectivity index (χ1n) is 12.6. The first kappa shape index (κ1) is 24.2. The maximum absolute atomic E-state index is 13.0. The van der Waals surface area contributed by atoms with Gasteiger partial charge in [-0.15, -0.1) is 0 Å². The molecule has 0 radical (unpaired) electrons. The van der Waals surface area contributed by atoms with Crippen molar-refractivity contribution in [2.45, 2.75) is 37.3 Å². The number of carbonyl (C=O) groups excluding carboxylic acids is 1. The molecule has 9 heteroatoms. The minimum absolute atomic E-state index is 0.00447. The van der Waals surface area contributed by atoms with Crippen molar-refractivity contribution < 1.29 is 14.6 Å². The zero-order valence-corrected chi connectivity index (χ0v) is 20.0. The molecule has 9 nitrogen and oxygen atoms in total. The zero-order valence-electron chi connectivity index (χ0n) is 20.0. The fourth-order valence-corrected chi connectivity index (χ4v) is 5.42. The summed E-state index contributed by atoms with van der Waals surface area (Å²) in [5.74, 6) is 0.304. The summed E-state index contributed by atoms with van der Waals surface area (Å²) in [5.41, 5.74) is 9.43. The lowest BCUT2D eigenvalue weighted by atomic mass is 9.91.